The third-order valence-electron chi connectivity index (χ3n) is 8.89. The zero-order valence-electron chi connectivity index (χ0n) is 28.5. The first-order valence-electron chi connectivity index (χ1n) is 16.3. The molecule has 2 atom stereocenters. The van der Waals surface area contributed by atoms with Gasteiger partial charge in [0.15, 0.2) is 18.5 Å². The summed E-state index contributed by atoms with van der Waals surface area (Å²) in [4.78, 5) is 32.4. The summed E-state index contributed by atoms with van der Waals surface area (Å²) in [6, 6.07) is 19.9. The number of methoxy groups -OCH3 is 1. The molecule has 1 unspecified atom stereocenters. The second kappa shape index (κ2) is 17.9. The van der Waals surface area contributed by atoms with Gasteiger partial charge in [0.2, 0.25) is 18.0 Å². The Morgan fingerprint density at radius 1 is 0.962 bits per heavy atom. The van der Waals surface area contributed by atoms with Gasteiger partial charge in [-0.2, -0.15) is 27.9 Å². The van der Waals surface area contributed by atoms with E-state index in [4.69, 9.17) is 14.2 Å². The van der Waals surface area contributed by atoms with E-state index < -0.39 is 12.8 Å². The molecule has 0 spiro atoms. The first-order chi connectivity index (χ1) is 24.1. The van der Waals surface area contributed by atoms with E-state index in [2.05, 4.69) is 49.0 Å². The molecule has 4 heterocycles. The highest BCUT2D eigenvalue weighted by Crippen LogP contribution is 2.38. The van der Waals surface area contributed by atoms with E-state index in [1.165, 1.54) is 19.5 Å². The molecule has 2 aliphatic rings. The Morgan fingerprint density at radius 2 is 1.62 bits per heavy atom. The number of halogens is 5. The maximum Gasteiger partial charge on any atom is 0.422 e. The summed E-state index contributed by atoms with van der Waals surface area (Å²) < 4.78 is 56.8. The molecular formula is C35H40Cl2F3N7O5. The van der Waals surface area contributed by atoms with Gasteiger partial charge >= 0.3 is 12.2 Å². The lowest BCUT2D eigenvalue weighted by atomic mass is 9.81. The molecule has 4 aromatic rings. The fourth-order valence-electron chi connectivity index (χ4n) is 6.84. The van der Waals surface area contributed by atoms with Crippen molar-refractivity contribution in [3.8, 4) is 17.8 Å². The summed E-state index contributed by atoms with van der Waals surface area (Å²) in [5, 5.41) is 11.9. The number of fused-ring (bicyclic) bond motifs is 1. The van der Waals surface area contributed by atoms with E-state index in [0.717, 1.165) is 17.3 Å². The normalized spacial score (nSPS) is 17.8. The summed E-state index contributed by atoms with van der Waals surface area (Å²) in [6.45, 7) is 2.74. The molecule has 2 aromatic carbocycles. The Morgan fingerprint density at radius 3 is 2.21 bits per heavy atom. The van der Waals surface area contributed by atoms with Gasteiger partial charge in [-0.1, -0.05) is 60.7 Å². The number of benzene rings is 2. The van der Waals surface area contributed by atoms with Crippen LogP contribution in [0.1, 0.15) is 40.0 Å². The molecule has 2 fully saturated rings. The number of carbonyl (C=O) groups is 1. The molecule has 2 aliphatic heterocycles. The summed E-state index contributed by atoms with van der Waals surface area (Å²) in [5.41, 5.74) is 2.51. The van der Waals surface area contributed by atoms with Crippen LogP contribution in [0, 0.1) is 5.21 Å². The van der Waals surface area contributed by atoms with Crippen LogP contribution in [0.5, 0.6) is 17.8 Å². The molecule has 6 rings (SSSR count). The maximum atomic E-state index is 13.5. The molecular weight excluding hydrogens is 726 g/mol. The summed E-state index contributed by atoms with van der Waals surface area (Å²) >= 11 is 0. The Balaban J connectivity index is 0.00000302. The van der Waals surface area contributed by atoms with E-state index in [9.17, 15) is 23.2 Å². The average molecular weight is 767 g/mol. The first kappa shape index (κ1) is 40.3. The fraction of sp³-hybridized carbons (Fsp3) is 0.400. The topological polar surface area (TPSA) is 120 Å². The van der Waals surface area contributed by atoms with E-state index in [-0.39, 0.29) is 90.9 Å². The van der Waals surface area contributed by atoms with Crippen molar-refractivity contribution in [2.45, 2.75) is 37.6 Å². The monoisotopic (exact) mass is 765 g/mol. The number of amides is 1. The van der Waals surface area contributed by atoms with Crippen molar-refractivity contribution in [3.05, 3.63) is 107 Å². The molecule has 0 N–H and O–H groups in total. The second-order valence-corrected chi connectivity index (χ2v) is 12.1. The molecule has 0 saturated carbocycles. The number of hydrogen-bond donors (Lipinski definition) is 0. The fourth-order valence-corrected chi connectivity index (χ4v) is 6.84. The van der Waals surface area contributed by atoms with Crippen molar-refractivity contribution in [3.63, 3.8) is 0 Å². The maximum absolute atomic E-state index is 13.5. The quantitative estimate of drug-likeness (QED) is 0.159. The van der Waals surface area contributed by atoms with E-state index in [0.29, 0.717) is 37.5 Å². The second-order valence-electron chi connectivity index (χ2n) is 12.1. The minimum absolute atomic E-state index is 0. The number of ether oxygens (including phenoxy) is 3. The van der Waals surface area contributed by atoms with Gasteiger partial charge in [-0.15, -0.1) is 24.8 Å². The van der Waals surface area contributed by atoms with E-state index in [1.54, 1.807) is 11.8 Å². The zero-order chi connectivity index (χ0) is 35.3. The van der Waals surface area contributed by atoms with Gasteiger partial charge in [-0.3, -0.25) is 14.6 Å². The summed E-state index contributed by atoms with van der Waals surface area (Å²) in [6.07, 6.45) is -0.930. The number of nitrogens with zero attached hydrogens (tertiary/aromatic N) is 7. The van der Waals surface area contributed by atoms with Crippen LogP contribution in [0.2, 0.25) is 0 Å². The molecule has 280 valence electrons. The molecule has 0 aliphatic carbocycles. The van der Waals surface area contributed by atoms with Crippen molar-refractivity contribution >= 4 is 30.7 Å². The van der Waals surface area contributed by atoms with Gasteiger partial charge in [0.1, 0.15) is 0 Å². The lowest BCUT2D eigenvalue weighted by Gasteiger charge is -2.53. The van der Waals surface area contributed by atoms with Crippen molar-refractivity contribution in [1.82, 2.24) is 29.7 Å². The van der Waals surface area contributed by atoms with Crippen molar-refractivity contribution in [2.24, 2.45) is 0 Å². The molecule has 2 aromatic heterocycles. The lowest BCUT2D eigenvalue weighted by molar-refractivity contribution is -0.606. The van der Waals surface area contributed by atoms with Crippen LogP contribution in [-0.2, 0) is 6.54 Å². The highest BCUT2D eigenvalue weighted by atomic mass is 35.5. The minimum atomic E-state index is -4.60. The Labute approximate surface area is 311 Å². The average Bonchev–Trinajstić information content (AvgIpc) is 3.11. The zero-order valence-corrected chi connectivity index (χ0v) is 30.1. The van der Waals surface area contributed by atoms with Gasteiger partial charge in [0.25, 0.3) is 5.91 Å². The molecule has 17 heteroatoms. The van der Waals surface area contributed by atoms with Crippen molar-refractivity contribution in [1.29, 1.82) is 0 Å². The molecule has 12 nitrogen and oxygen atoms in total. The predicted octanol–water partition coefficient (Wildman–Crippen LogP) is 4.54. The first-order valence-corrected chi connectivity index (χ1v) is 16.3. The molecule has 0 radical (unpaired) electrons. The van der Waals surface area contributed by atoms with Crippen LogP contribution in [0.25, 0.3) is 0 Å². The molecule has 1 amide bonds. The Bertz CT molecular complexity index is 1720. The summed E-state index contributed by atoms with van der Waals surface area (Å²) in [7, 11) is 1.38. The number of alkyl halides is 3. The minimum Gasteiger partial charge on any atom is -0.619 e. The predicted molar refractivity (Wildman–Crippen MR) is 189 cm³/mol. The standard InChI is InChI=1S/C35H38F3N7O5.2ClH/c1-3-49-34-40-31(48-2)27(32(41-34)50-23-35(36,37)38)20-42-18-26-19-43(33(46)28-21-44(47)15-14-39-28)16-17-45(26)29(22-42)30(24-10-6-4-7-11-24)25-12-8-5-9-13-25;;/h4-15,21,26,29-30H,3,16-20,22-23H2,1-2H3;2*1H/t26-,29?;;/m0../s1. The number of carbonyl (C=O) groups excluding carboxylic acids is 1. The third kappa shape index (κ3) is 9.50. The number of piperazine rings is 2. The van der Waals surface area contributed by atoms with Crippen LogP contribution in [-0.4, -0.2) is 107 Å². The smallest absolute Gasteiger partial charge is 0.422 e. The number of hydrogen-bond acceptors (Lipinski definition) is 10. The van der Waals surface area contributed by atoms with Gasteiger partial charge < -0.3 is 24.3 Å². The van der Waals surface area contributed by atoms with Gasteiger partial charge in [-0.25, -0.2) is 4.98 Å². The highest BCUT2D eigenvalue weighted by Gasteiger charge is 2.44. The summed E-state index contributed by atoms with van der Waals surface area (Å²) in [5.74, 6) is -0.667. The van der Waals surface area contributed by atoms with Crippen molar-refractivity contribution in [2.75, 3.05) is 53.0 Å². The lowest BCUT2D eigenvalue weighted by Crippen LogP contribution is -2.67. The molecule has 2 saturated heterocycles. The van der Waals surface area contributed by atoms with E-state index in [1.807, 2.05) is 36.4 Å². The van der Waals surface area contributed by atoms with Crippen LogP contribution in [0.15, 0.2) is 79.3 Å². The SMILES string of the molecule is CCOc1nc(OC)c(CN2CC(C(c3ccccc3)c3ccccc3)N3CCN(C(=O)c4c[n+]([O-])ccn4)C[C@@H]3C2)c(OCC(F)(F)F)n1.Cl.Cl. The van der Waals surface area contributed by atoms with Gasteiger partial charge in [0, 0.05) is 57.3 Å². The highest BCUT2D eigenvalue weighted by molar-refractivity contribution is 5.91. The molecule has 52 heavy (non-hydrogen) atoms. The largest absolute Gasteiger partial charge is 0.619 e. The molecule has 0 bridgehead atoms. The van der Waals surface area contributed by atoms with Crippen LogP contribution >= 0.6 is 24.8 Å². The van der Waals surface area contributed by atoms with Crippen LogP contribution in [0.4, 0.5) is 13.2 Å². The Kier molecular flexibility index (Phi) is 13.9. The Hall–Kier alpha value is -4.44. The van der Waals surface area contributed by atoms with Gasteiger partial charge in [-0.05, 0) is 18.1 Å². The van der Waals surface area contributed by atoms with Crippen LogP contribution in [0.3, 0.4) is 0 Å². The third-order valence-corrected chi connectivity index (χ3v) is 8.89. The van der Waals surface area contributed by atoms with Crippen LogP contribution < -0.4 is 18.9 Å². The van der Waals surface area contributed by atoms with Crippen molar-refractivity contribution < 1.29 is 36.9 Å². The number of aromatic nitrogens is 4. The van der Waals surface area contributed by atoms with Gasteiger partial charge in [0.05, 0.1) is 25.5 Å². The number of rotatable bonds is 11. The van der Waals surface area contributed by atoms with E-state index >= 15 is 0 Å².